The highest BCUT2D eigenvalue weighted by Crippen LogP contribution is 2.28. The Kier molecular flexibility index (Phi) is 3.66. The Labute approximate surface area is 154 Å². The van der Waals surface area contributed by atoms with Gasteiger partial charge in [0.15, 0.2) is 17.3 Å². The average molecular weight is 364 g/mol. The normalized spacial score (nSPS) is 15.7. The highest BCUT2D eigenvalue weighted by atomic mass is 16.1. The lowest BCUT2D eigenvalue weighted by atomic mass is 9.95. The molecule has 0 atom stereocenters. The molecule has 0 amide bonds. The van der Waals surface area contributed by atoms with E-state index in [9.17, 15) is 4.79 Å². The minimum atomic E-state index is 0.00969. The van der Waals surface area contributed by atoms with Crippen LogP contribution in [-0.2, 0) is 6.54 Å². The largest absolute Gasteiger partial charge is 0.382 e. The third-order valence-electron chi connectivity index (χ3n) is 5.35. The summed E-state index contributed by atoms with van der Waals surface area (Å²) in [7, 11) is 0. The first kappa shape index (κ1) is 16.0. The van der Waals surface area contributed by atoms with Gasteiger partial charge in [0.1, 0.15) is 17.4 Å². The molecule has 9 heteroatoms. The number of rotatable bonds is 3. The molecule has 2 N–H and O–H groups in total. The molecule has 4 aromatic heterocycles. The van der Waals surface area contributed by atoms with Gasteiger partial charge in [-0.25, -0.2) is 19.5 Å². The molecule has 5 rings (SSSR count). The lowest BCUT2D eigenvalue weighted by molar-refractivity contribution is 0.331. The van der Waals surface area contributed by atoms with Crippen LogP contribution in [0.25, 0.3) is 16.7 Å². The summed E-state index contributed by atoms with van der Waals surface area (Å²) in [6, 6.07) is 3.85. The monoisotopic (exact) mass is 364 g/mol. The molecule has 27 heavy (non-hydrogen) atoms. The molecular weight excluding hydrogens is 344 g/mol. The molecule has 0 aromatic carbocycles. The summed E-state index contributed by atoms with van der Waals surface area (Å²) in [4.78, 5) is 25.8. The van der Waals surface area contributed by atoms with Crippen molar-refractivity contribution >= 4 is 22.5 Å². The summed E-state index contributed by atoms with van der Waals surface area (Å²) in [5.41, 5.74) is 7.70. The summed E-state index contributed by atoms with van der Waals surface area (Å²) in [6.45, 7) is 0.396. The second kappa shape index (κ2) is 6.19. The third kappa shape index (κ3) is 2.57. The molecule has 0 radical (unpaired) electrons. The minimum absolute atomic E-state index is 0.00969. The summed E-state index contributed by atoms with van der Waals surface area (Å²) >= 11 is 0. The number of imidazole rings is 1. The van der Waals surface area contributed by atoms with E-state index >= 15 is 0 Å². The van der Waals surface area contributed by atoms with Crippen molar-refractivity contribution in [2.45, 2.75) is 44.7 Å². The van der Waals surface area contributed by atoms with Gasteiger partial charge < -0.3 is 10.3 Å². The third-order valence-corrected chi connectivity index (χ3v) is 5.35. The van der Waals surface area contributed by atoms with Gasteiger partial charge >= 0.3 is 0 Å². The van der Waals surface area contributed by atoms with Crippen molar-refractivity contribution in [3.63, 3.8) is 0 Å². The molecule has 138 valence electrons. The molecule has 0 saturated heterocycles. The molecule has 9 nitrogen and oxygen atoms in total. The quantitative estimate of drug-likeness (QED) is 0.593. The van der Waals surface area contributed by atoms with Crippen LogP contribution < -0.4 is 11.3 Å². The molecule has 0 unspecified atom stereocenters. The van der Waals surface area contributed by atoms with E-state index in [2.05, 4.69) is 15.0 Å². The SMILES string of the molecule is Nc1ncnc2c1ncn2Cc1nn2cccc2c(=O)n1C1CCCCC1. The Morgan fingerprint density at radius 2 is 2.00 bits per heavy atom. The molecule has 1 aliphatic carbocycles. The van der Waals surface area contributed by atoms with Crippen LogP contribution in [0.2, 0.25) is 0 Å². The number of nitrogen functional groups attached to an aromatic ring is 1. The maximum absolute atomic E-state index is 13.2. The Morgan fingerprint density at radius 3 is 2.85 bits per heavy atom. The maximum Gasteiger partial charge on any atom is 0.278 e. The lowest BCUT2D eigenvalue weighted by Gasteiger charge is -2.26. The van der Waals surface area contributed by atoms with Gasteiger partial charge in [0.25, 0.3) is 5.56 Å². The molecule has 1 fully saturated rings. The van der Waals surface area contributed by atoms with Crippen LogP contribution in [0.4, 0.5) is 5.82 Å². The minimum Gasteiger partial charge on any atom is -0.382 e. The van der Waals surface area contributed by atoms with Gasteiger partial charge in [-0.1, -0.05) is 19.3 Å². The smallest absolute Gasteiger partial charge is 0.278 e. The fourth-order valence-electron chi connectivity index (χ4n) is 4.03. The number of hydrogen-bond donors (Lipinski definition) is 1. The number of nitrogens with zero attached hydrogens (tertiary/aromatic N) is 7. The Bertz CT molecular complexity index is 1180. The van der Waals surface area contributed by atoms with Crippen molar-refractivity contribution < 1.29 is 0 Å². The van der Waals surface area contributed by atoms with Gasteiger partial charge in [0.05, 0.1) is 12.9 Å². The summed E-state index contributed by atoms with van der Waals surface area (Å²) < 4.78 is 5.40. The van der Waals surface area contributed by atoms with Gasteiger partial charge in [-0.2, -0.15) is 5.10 Å². The van der Waals surface area contributed by atoms with Crippen LogP contribution in [0.5, 0.6) is 0 Å². The Balaban J connectivity index is 1.67. The fourth-order valence-corrected chi connectivity index (χ4v) is 4.03. The number of hydrogen-bond acceptors (Lipinski definition) is 6. The summed E-state index contributed by atoms with van der Waals surface area (Å²) in [6.07, 6.45) is 10.4. The van der Waals surface area contributed by atoms with Crippen LogP contribution in [0.3, 0.4) is 0 Å². The van der Waals surface area contributed by atoms with E-state index in [-0.39, 0.29) is 11.6 Å². The zero-order valence-electron chi connectivity index (χ0n) is 14.8. The van der Waals surface area contributed by atoms with E-state index in [0.717, 1.165) is 25.7 Å². The number of fused-ring (bicyclic) bond motifs is 2. The Hall–Kier alpha value is -3.23. The van der Waals surface area contributed by atoms with Gasteiger partial charge in [-0.3, -0.25) is 9.36 Å². The lowest BCUT2D eigenvalue weighted by Crippen LogP contribution is -2.32. The van der Waals surface area contributed by atoms with Crippen molar-refractivity contribution in [3.8, 4) is 0 Å². The first-order valence-electron chi connectivity index (χ1n) is 9.22. The van der Waals surface area contributed by atoms with Crippen LogP contribution in [-0.4, -0.2) is 33.7 Å². The first-order valence-corrected chi connectivity index (χ1v) is 9.22. The second-order valence-electron chi connectivity index (χ2n) is 7.02. The van der Waals surface area contributed by atoms with Gasteiger partial charge in [0.2, 0.25) is 0 Å². The molecule has 0 spiro atoms. The molecule has 4 heterocycles. The maximum atomic E-state index is 13.2. The highest BCUT2D eigenvalue weighted by Gasteiger charge is 2.22. The zero-order valence-corrected chi connectivity index (χ0v) is 14.8. The van der Waals surface area contributed by atoms with Gasteiger partial charge in [0, 0.05) is 12.2 Å². The molecule has 0 bridgehead atoms. The zero-order chi connectivity index (χ0) is 18.4. The molecule has 1 saturated carbocycles. The van der Waals surface area contributed by atoms with Crippen LogP contribution in [0, 0.1) is 0 Å². The van der Waals surface area contributed by atoms with E-state index in [1.807, 2.05) is 21.3 Å². The van der Waals surface area contributed by atoms with Crippen LogP contribution in [0.1, 0.15) is 44.0 Å². The number of aromatic nitrogens is 7. The molecule has 1 aliphatic rings. The van der Waals surface area contributed by atoms with Gasteiger partial charge in [-0.05, 0) is 25.0 Å². The van der Waals surface area contributed by atoms with Crippen LogP contribution in [0.15, 0.2) is 35.8 Å². The van der Waals surface area contributed by atoms with Crippen molar-refractivity contribution in [3.05, 3.63) is 47.2 Å². The van der Waals surface area contributed by atoms with Crippen molar-refractivity contribution in [2.75, 3.05) is 5.73 Å². The van der Waals surface area contributed by atoms with Crippen molar-refractivity contribution in [2.24, 2.45) is 0 Å². The Morgan fingerprint density at radius 1 is 1.15 bits per heavy atom. The summed E-state index contributed by atoms with van der Waals surface area (Å²) in [5, 5.41) is 4.73. The summed E-state index contributed by atoms with van der Waals surface area (Å²) in [5.74, 6) is 1.05. The molecular formula is C18H20N8O. The van der Waals surface area contributed by atoms with Crippen molar-refractivity contribution in [1.82, 2.24) is 33.7 Å². The predicted molar refractivity (Wildman–Crippen MR) is 100 cm³/mol. The topological polar surface area (TPSA) is 109 Å². The highest BCUT2D eigenvalue weighted by molar-refractivity contribution is 5.81. The standard InChI is InChI=1S/C18H20N8O/c19-16-15-17(21-10-20-16)24(11-22-15)9-14-23-25-8-4-7-13(25)18(27)26(14)12-5-2-1-3-6-12/h4,7-8,10-12H,1-3,5-6,9H2,(H2,19,20,21). The predicted octanol–water partition coefficient (Wildman–Crippen LogP) is 1.77. The first-order chi connectivity index (χ1) is 13.2. The van der Waals surface area contributed by atoms with Crippen molar-refractivity contribution in [1.29, 1.82) is 0 Å². The van der Waals surface area contributed by atoms with E-state index in [0.29, 0.717) is 34.9 Å². The second-order valence-corrected chi connectivity index (χ2v) is 7.02. The van der Waals surface area contributed by atoms with Crippen LogP contribution >= 0.6 is 0 Å². The van der Waals surface area contributed by atoms with E-state index in [1.54, 1.807) is 17.0 Å². The van der Waals surface area contributed by atoms with E-state index < -0.39 is 0 Å². The number of nitrogens with two attached hydrogens (primary N) is 1. The fraction of sp³-hybridized carbons (Fsp3) is 0.389. The van der Waals surface area contributed by atoms with Gasteiger partial charge in [-0.15, -0.1) is 0 Å². The average Bonchev–Trinajstić information content (AvgIpc) is 3.31. The van der Waals surface area contributed by atoms with E-state index in [4.69, 9.17) is 10.8 Å². The molecule has 4 aromatic rings. The molecule has 0 aliphatic heterocycles. The van der Waals surface area contributed by atoms with E-state index in [1.165, 1.54) is 12.7 Å². The number of anilines is 1.